The van der Waals surface area contributed by atoms with E-state index < -0.39 is 0 Å². The minimum Gasteiger partial charge on any atom is -0.423 e. The van der Waals surface area contributed by atoms with Gasteiger partial charge in [0.2, 0.25) is 0 Å². The molecule has 0 amide bonds. The Balaban J connectivity index is 1.95. The lowest BCUT2D eigenvalue weighted by Gasteiger charge is -2.08. The minimum atomic E-state index is -0.378. The molecule has 1 heterocycles. The number of rotatable bonds is 2. The van der Waals surface area contributed by atoms with Crippen LogP contribution in [0.2, 0.25) is 10.0 Å². The highest BCUT2D eigenvalue weighted by atomic mass is 35.5. The van der Waals surface area contributed by atoms with Gasteiger partial charge in [-0.1, -0.05) is 53.5 Å². The highest BCUT2D eigenvalue weighted by Crippen LogP contribution is 2.32. The Hall–Kier alpha value is -2.55. The molecule has 0 unspecified atom stereocenters. The average molecular weight is 367 g/mol. The molecule has 0 saturated carbocycles. The van der Waals surface area contributed by atoms with Gasteiger partial charge in [0.1, 0.15) is 5.58 Å². The van der Waals surface area contributed by atoms with Crippen molar-refractivity contribution in [1.29, 1.82) is 0 Å². The van der Waals surface area contributed by atoms with Crippen molar-refractivity contribution >= 4 is 34.2 Å². The number of hydrogen-bond donors (Lipinski definition) is 0. The van der Waals surface area contributed by atoms with E-state index in [9.17, 15) is 4.79 Å². The Morgan fingerprint density at radius 2 is 1.20 bits per heavy atom. The summed E-state index contributed by atoms with van der Waals surface area (Å²) >= 11 is 11.9. The molecule has 0 saturated heterocycles. The van der Waals surface area contributed by atoms with Crippen LogP contribution < -0.4 is 5.63 Å². The summed E-state index contributed by atoms with van der Waals surface area (Å²) in [5, 5.41) is 2.21. The number of benzene rings is 3. The second-order valence-electron chi connectivity index (χ2n) is 5.70. The van der Waals surface area contributed by atoms with Crippen molar-refractivity contribution in [3.63, 3.8) is 0 Å². The largest absolute Gasteiger partial charge is 0.423 e. The fourth-order valence-corrected chi connectivity index (χ4v) is 3.11. The van der Waals surface area contributed by atoms with Crippen molar-refractivity contribution in [3.8, 4) is 22.3 Å². The van der Waals surface area contributed by atoms with Crippen molar-refractivity contribution in [1.82, 2.24) is 0 Å². The number of halogens is 2. The van der Waals surface area contributed by atoms with Gasteiger partial charge in [-0.25, -0.2) is 4.79 Å². The molecule has 1 aromatic heterocycles. The van der Waals surface area contributed by atoms with Crippen LogP contribution in [0, 0.1) is 0 Å². The van der Waals surface area contributed by atoms with E-state index in [4.69, 9.17) is 27.6 Å². The molecular weight excluding hydrogens is 355 g/mol. The van der Waals surface area contributed by atoms with Crippen molar-refractivity contribution in [3.05, 3.63) is 93.3 Å². The summed E-state index contributed by atoms with van der Waals surface area (Å²) in [5.41, 5.74) is 3.97. The summed E-state index contributed by atoms with van der Waals surface area (Å²) < 4.78 is 5.35. The summed E-state index contributed by atoms with van der Waals surface area (Å²) in [6, 6.07) is 22.3. The van der Waals surface area contributed by atoms with E-state index in [2.05, 4.69) is 0 Å². The molecule has 4 heteroatoms. The highest BCUT2D eigenvalue weighted by molar-refractivity contribution is 6.31. The van der Waals surface area contributed by atoms with E-state index in [1.54, 1.807) is 12.1 Å². The first-order valence-electron chi connectivity index (χ1n) is 7.70. The van der Waals surface area contributed by atoms with Gasteiger partial charge < -0.3 is 4.42 Å². The molecule has 0 radical (unpaired) electrons. The van der Waals surface area contributed by atoms with Crippen LogP contribution >= 0.6 is 23.2 Å². The summed E-state index contributed by atoms with van der Waals surface area (Å²) in [5.74, 6) is 0. The second-order valence-corrected chi connectivity index (χ2v) is 6.58. The van der Waals surface area contributed by atoms with Crippen LogP contribution in [0.5, 0.6) is 0 Å². The van der Waals surface area contributed by atoms with Crippen LogP contribution in [0.15, 0.2) is 82.0 Å². The van der Waals surface area contributed by atoms with Crippen molar-refractivity contribution in [2.45, 2.75) is 0 Å². The first kappa shape index (κ1) is 15.9. The Kier molecular flexibility index (Phi) is 4.08. The zero-order chi connectivity index (χ0) is 17.4. The zero-order valence-electron chi connectivity index (χ0n) is 13.0. The van der Waals surface area contributed by atoms with Gasteiger partial charge in [0.25, 0.3) is 0 Å². The lowest BCUT2D eigenvalue weighted by atomic mass is 9.98. The van der Waals surface area contributed by atoms with Crippen LogP contribution in [0.25, 0.3) is 33.2 Å². The predicted octanol–water partition coefficient (Wildman–Crippen LogP) is 6.43. The summed E-state index contributed by atoms with van der Waals surface area (Å²) in [6.45, 7) is 0. The SMILES string of the molecule is O=c1cc(-c2ccc(Cl)cc2)c2cc(-c3ccc(Cl)cc3)ccc2o1. The maximum Gasteiger partial charge on any atom is 0.336 e. The maximum atomic E-state index is 11.9. The van der Waals surface area contributed by atoms with Crippen molar-refractivity contribution in [2.24, 2.45) is 0 Å². The van der Waals surface area contributed by atoms with E-state index in [1.165, 1.54) is 6.07 Å². The van der Waals surface area contributed by atoms with Crippen LogP contribution in [0.4, 0.5) is 0 Å². The van der Waals surface area contributed by atoms with Crippen molar-refractivity contribution in [2.75, 3.05) is 0 Å². The molecule has 0 fully saturated rings. The van der Waals surface area contributed by atoms with E-state index in [0.717, 1.165) is 27.6 Å². The molecule has 0 aliphatic rings. The summed E-state index contributed by atoms with van der Waals surface area (Å²) in [6.07, 6.45) is 0. The van der Waals surface area contributed by atoms with Gasteiger partial charge in [-0.15, -0.1) is 0 Å². The van der Waals surface area contributed by atoms with Gasteiger partial charge in [-0.3, -0.25) is 0 Å². The van der Waals surface area contributed by atoms with Crippen LogP contribution in [0.3, 0.4) is 0 Å². The Labute approximate surface area is 154 Å². The van der Waals surface area contributed by atoms with E-state index in [0.29, 0.717) is 15.6 Å². The molecule has 0 aliphatic carbocycles. The third-order valence-electron chi connectivity index (χ3n) is 4.08. The van der Waals surface area contributed by atoms with Crippen LogP contribution in [0.1, 0.15) is 0 Å². The van der Waals surface area contributed by atoms with Crippen LogP contribution in [-0.2, 0) is 0 Å². The molecule has 0 atom stereocenters. The highest BCUT2D eigenvalue weighted by Gasteiger charge is 2.10. The normalized spacial score (nSPS) is 11.0. The number of hydrogen-bond acceptors (Lipinski definition) is 2. The molecule has 4 aromatic rings. The molecule has 25 heavy (non-hydrogen) atoms. The third-order valence-corrected chi connectivity index (χ3v) is 4.58. The second kappa shape index (κ2) is 6.40. The Morgan fingerprint density at radius 3 is 1.84 bits per heavy atom. The van der Waals surface area contributed by atoms with Gasteiger partial charge in [0.05, 0.1) is 0 Å². The molecule has 0 spiro atoms. The topological polar surface area (TPSA) is 30.2 Å². The van der Waals surface area contributed by atoms with E-state index in [1.807, 2.05) is 54.6 Å². The standard InChI is InChI=1S/C21H12Cl2O2/c22-16-6-1-13(2-7-16)15-5-10-20-19(11-15)18(12-21(24)25-20)14-3-8-17(23)9-4-14/h1-12H. The van der Waals surface area contributed by atoms with E-state index >= 15 is 0 Å². The van der Waals surface area contributed by atoms with Gasteiger partial charge in [-0.05, 0) is 58.7 Å². The molecule has 0 aliphatic heterocycles. The molecule has 2 nitrogen and oxygen atoms in total. The van der Waals surface area contributed by atoms with Gasteiger partial charge in [0.15, 0.2) is 0 Å². The molecule has 0 N–H and O–H groups in total. The maximum absolute atomic E-state index is 11.9. The van der Waals surface area contributed by atoms with Gasteiger partial charge >= 0.3 is 5.63 Å². The average Bonchev–Trinajstić information content (AvgIpc) is 2.62. The van der Waals surface area contributed by atoms with Crippen LogP contribution in [-0.4, -0.2) is 0 Å². The molecule has 4 rings (SSSR count). The first-order chi connectivity index (χ1) is 12.1. The fourth-order valence-electron chi connectivity index (χ4n) is 2.85. The quantitative estimate of drug-likeness (QED) is 0.382. The molecule has 3 aromatic carbocycles. The number of fused-ring (bicyclic) bond motifs is 1. The van der Waals surface area contributed by atoms with E-state index in [-0.39, 0.29) is 5.63 Å². The minimum absolute atomic E-state index is 0.378. The van der Waals surface area contributed by atoms with Gasteiger partial charge in [0, 0.05) is 21.5 Å². The lowest BCUT2D eigenvalue weighted by Crippen LogP contribution is -1.98. The fraction of sp³-hybridized carbons (Fsp3) is 0. The lowest BCUT2D eigenvalue weighted by molar-refractivity contribution is 0.561. The predicted molar refractivity (Wildman–Crippen MR) is 103 cm³/mol. The summed E-state index contributed by atoms with van der Waals surface area (Å²) in [7, 11) is 0. The smallest absolute Gasteiger partial charge is 0.336 e. The Bertz CT molecular complexity index is 1110. The molecule has 0 bridgehead atoms. The first-order valence-corrected chi connectivity index (χ1v) is 8.45. The third kappa shape index (κ3) is 3.19. The van der Waals surface area contributed by atoms with Crippen molar-refractivity contribution < 1.29 is 4.42 Å². The molecule has 122 valence electrons. The monoisotopic (exact) mass is 366 g/mol. The van der Waals surface area contributed by atoms with Gasteiger partial charge in [-0.2, -0.15) is 0 Å². The Morgan fingerprint density at radius 1 is 0.640 bits per heavy atom. The zero-order valence-corrected chi connectivity index (χ0v) is 14.5. The summed E-state index contributed by atoms with van der Waals surface area (Å²) in [4.78, 5) is 11.9. The molecular formula is C21H12Cl2O2.